The van der Waals surface area contributed by atoms with Gasteiger partial charge in [0, 0.05) is 31.4 Å². The van der Waals surface area contributed by atoms with Gasteiger partial charge in [0.15, 0.2) is 0 Å². The number of rotatable bonds is 4. The summed E-state index contributed by atoms with van der Waals surface area (Å²) in [6, 6.07) is 0.303. The monoisotopic (exact) mass is 193 g/mol. The number of hydrogen-bond acceptors (Lipinski definition) is 2. The molecule has 3 unspecified atom stereocenters. The number of hydrogen-bond donors (Lipinski definition) is 1. The Bertz CT molecular complexity index is 305. The lowest BCUT2D eigenvalue weighted by molar-refractivity contribution is 0.531. The van der Waals surface area contributed by atoms with Crippen molar-refractivity contribution in [1.82, 2.24) is 9.55 Å². The SMILES string of the molecule is CCn1ccnc1CC(N)C1CC1C. The first kappa shape index (κ1) is 9.71. The summed E-state index contributed by atoms with van der Waals surface area (Å²) in [6.07, 6.45) is 6.12. The van der Waals surface area contributed by atoms with Crippen LogP contribution in [0.25, 0.3) is 0 Å². The van der Waals surface area contributed by atoms with Gasteiger partial charge in [-0.1, -0.05) is 6.92 Å². The first-order valence-electron chi connectivity index (χ1n) is 5.48. The van der Waals surface area contributed by atoms with Crippen molar-refractivity contribution in [3.63, 3.8) is 0 Å². The molecule has 2 rings (SSSR count). The van der Waals surface area contributed by atoms with E-state index in [4.69, 9.17) is 5.73 Å². The third-order valence-corrected chi connectivity index (χ3v) is 3.28. The fourth-order valence-electron chi connectivity index (χ4n) is 2.13. The van der Waals surface area contributed by atoms with Gasteiger partial charge < -0.3 is 10.3 Å². The molecule has 1 aromatic rings. The van der Waals surface area contributed by atoms with Crippen molar-refractivity contribution in [1.29, 1.82) is 0 Å². The molecule has 78 valence electrons. The zero-order chi connectivity index (χ0) is 10.1. The molecule has 0 amide bonds. The Balaban J connectivity index is 1.96. The highest BCUT2D eigenvalue weighted by Gasteiger charge is 2.37. The molecular weight excluding hydrogens is 174 g/mol. The van der Waals surface area contributed by atoms with Gasteiger partial charge in [-0.2, -0.15) is 0 Å². The molecule has 3 nitrogen and oxygen atoms in total. The number of aromatic nitrogens is 2. The van der Waals surface area contributed by atoms with Crippen molar-refractivity contribution < 1.29 is 0 Å². The van der Waals surface area contributed by atoms with Crippen molar-refractivity contribution in [2.75, 3.05) is 0 Å². The van der Waals surface area contributed by atoms with Crippen molar-refractivity contribution in [2.24, 2.45) is 17.6 Å². The number of imidazole rings is 1. The number of nitrogens with two attached hydrogens (primary N) is 1. The Morgan fingerprint density at radius 3 is 3.00 bits per heavy atom. The van der Waals surface area contributed by atoms with Gasteiger partial charge in [0.05, 0.1) is 0 Å². The molecule has 0 spiro atoms. The molecule has 0 bridgehead atoms. The van der Waals surface area contributed by atoms with Crippen LogP contribution in [0.2, 0.25) is 0 Å². The third kappa shape index (κ3) is 1.82. The Labute approximate surface area is 85.3 Å². The number of aryl methyl sites for hydroxylation is 1. The van der Waals surface area contributed by atoms with Crippen LogP contribution in [0.15, 0.2) is 12.4 Å². The van der Waals surface area contributed by atoms with E-state index in [1.807, 2.05) is 12.4 Å². The minimum atomic E-state index is 0.303. The quantitative estimate of drug-likeness (QED) is 0.786. The first-order chi connectivity index (χ1) is 6.72. The predicted molar refractivity (Wildman–Crippen MR) is 56.9 cm³/mol. The second kappa shape index (κ2) is 3.73. The van der Waals surface area contributed by atoms with Crippen molar-refractivity contribution in [2.45, 2.75) is 39.3 Å². The van der Waals surface area contributed by atoms with E-state index in [9.17, 15) is 0 Å². The van der Waals surface area contributed by atoms with Gasteiger partial charge in [-0.05, 0) is 25.2 Å². The second-order valence-corrected chi connectivity index (χ2v) is 4.37. The molecule has 0 radical (unpaired) electrons. The van der Waals surface area contributed by atoms with Crippen LogP contribution in [0.4, 0.5) is 0 Å². The summed E-state index contributed by atoms with van der Waals surface area (Å²) in [7, 11) is 0. The zero-order valence-electron chi connectivity index (χ0n) is 8.98. The highest BCUT2D eigenvalue weighted by atomic mass is 15.1. The van der Waals surface area contributed by atoms with Gasteiger partial charge in [-0.15, -0.1) is 0 Å². The minimum absolute atomic E-state index is 0.303. The lowest BCUT2D eigenvalue weighted by Crippen LogP contribution is -2.27. The van der Waals surface area contributed by atoms with Gasteiger partial charge in [0.2, 0.25) is 0 Å². The van der Waals surface area contributed by atoms with E-state index in [1.165, 1.54) is 6.42 Å². The molecule has 2 N–H and O–H groups in total. The maximum Gasteiger partial charge on any atom is 0.110 e. The maximum atomic E-state index is 6.13. The Morgan fingerprint density at radius 2 is 2.43 bits per heavy atom. The number of nitrogens with zero attached hydrogens (tertiary/aromatic N) is 2. The van der Waals surface area contributed by atoms with Gasteiger partial charge in [-0.25, -0.2) is 4.98 Å². The Morgan fingerprint density at radius 1 is 1.71 bits per heavy atom. The smallest absolute Gasteiger partial charge is 0.110 e. The van der Waals surface area contributed by atoms with Crippen LogP contribution in [-0.2, 0) is 13.0 Å². The van der Waals surface area contributed by atoms with Gasteiger partial charge in [0.1, 0.15) is 5.82 Å². The van der Waals surface area contributed by atoms with E-state index in [0.29, 0.717) is 6.04 Å². The van der Waals surface area contributed by atoms with E-state index in [0.717, 1.165) is 30.6 Å². The van der Waals surface area contributed by atoms with Gasteiger partial charge in [0.25, 0.3) is 0 Å². The fourth-order valence-corrected chi connectivity index (χ4v) is 2.13. The van der Waals surface area contributed by atoms with E-state index in [2.05, 4.69) is 23.4 Å². The largest absolute Gasteiger partial charge is 0.335 e. The van der Waals surface area contributed by atoms with Crippen molar-refractivity contribution >= 4 is 0 Å². The molecule has 1 fully saturated rings. The molecule has 0 aromatic carbocycles. The summed E-state index contributed by atoms with van der Waals surface area (Å²) in [5, 5.41) is 0. The summed E-state index contributed by atoms with van der Waals surface area (Å²) in [4.78, 5) is 4.35. The topological polar surface area (TPSA) is 43.8 Å². The van der Waals surface area contributed by atoms with Crippen LogP contribution in [0, 0.1) is 11.8 Å². The minimum Gasteiger partial charge on any atom is -0.335 e. The molecule has 1 saturated carbocycles. The summed E-state index contributed by atoms with van der Waals surface area (Å²) < 4.78 is 2.17. The average Bonchev–Trinajstić information content (AvgIpc) is 2.74. The summed E-state index contributed by atoms with van der Waals surface area (Å²) in [5.41, 5.74) is 6.13. The molecule has 3 heteroatoms. The second-order valence-electron chi connectivity index (χ2n) is 4.37. The van der Waals surface area contributed by atoms with E-state index in [-0.39, 0.29) is 0 Å². The van der Waals surface area contributed by atoms with Crippen LogP contribution < -0.4 is 5.73 Å². The van der Waals surface area contributed by atoms with Crippen LogP contribution in [0.1, 0.15) is 26.1 Å². The Hall–Kier alpha value is -0.830. The molecule has 0 saturated heterocycles. The molecule has 3 atom stereocenters. The molecule has 1 aromatic heterocycles. The first-order valence-corrected chi connectivity index (χ1v) is 5.48. The van der Waals surface area contributed by atoms with Crippen molar-refractivity contribution in [3.8, 4) is 0 Å². The lowest BCUT2D eigenvalue weighted by Gasteiger charge is -2.11. The normalized spacial score (nSPS) is 27.6. The van der Waals surface area contributed by atoms with E-state index in [1.54, 1.807) is 0 Å². The van der Waals surface area contributed by atoms with Crippen LogP contribution >= 0.6 is 0 Å². The molecule has 1 aliphatic rings. The highest BCUT2D eigenvalue weighted by Crippen LogP contribution is 2.40. The zero-order valence-corrected chi connectivity index (χ0v) is 8.98. The molecule has 1 aliphatic carbocycles. The van der Waals surface area contributed by atoms with E-state index >= 15 is 0 Å². The lowest BCUT2D eigenvalue weighted by atomic mass is 10.1. The van der Waals surface area contributed by atoms with E-state index < -0.39 is 0 Å². The standard InChI is InChI=1S/C11H19N3/c1-3-14-5-4-13-11(14)7-10(12)9-6-8(9)2/h4-5,8-10H,3,6-7,12H2,1-2H3. The average molecular weight is 193 g/mol. The summed E-state index contributed by atoms with van der Waals surface area (Å²) >= 11 is 0. The van der Waals surface area contributed by atoms with Crippen LogP contribution in [0.5, 0.6) is 0 Å². The highest BCUT2D eigenvalue weighted by molar-refractivity contribution is 5.00. The Kier molecular flexibility index (Phi) is 2.59. The van der Waals surface area contributed by atoms with Crippen LogP contribution in [0.3, 0.4) is 0 Å². The van der Waals surface area contributed by atoms with Gasteiger partial charge in [-0.3, -0.25) is 0 Å². The predicted octanol–water partition coefficient (Wildman–Crippen LogP) is 1.43. The fraction of sp³-hybridized carbons (Fsp3) is 0.727. The summed E-state index contributed by atoms with van der Waals surface area (Å²) in [5.74, 6) is 2.70. The van der Waals surface area contributed by atoms with Crippen molar-refractivity contribution in [3.05, 3.63) is 18.2 Å². The molecule has 0 aliphatic heterocycles. The molecule has 1 heterocycles. The molecule has 14 heavy (non-hydrogen) atoms. The summed E-state index contributed by atoms with van der Waals surface area (Å²) in [6.45, 7) is 5.40. The van der Waals surface area contributed by atoms with Gasteiger partial charge >= 0.3 is 0 Å². The third-order valence-electron chi connectivity index (χ3n) is 3.28. The maximum absolute atomic E-state index is 6.13. The molecular formula is C11H19N3. The van der Waals surface area contributed by atoms with Crippen LogP contribution in [-0.4, -0.2) is 15.6 Å².